The van der Waals surface area contributed by atoms with Crippen molar-refractivity contribution in [3.05, 3.63) is 36.2 Å². The van der Waals surface area contributed by atoms with Crippen LogP contribution in [0.15, 0.2) is 29.2 Å². The zero-order valence-electron chi connectivity index (χ0n) is 6.83. The highest BCUT2D eigenvalue weighted by atomic mass is 35.5. The van der Waals surface area contributed by atoms with Crippen LogP contribution in [-0.2, 0) is 10.0 Å². The molecule has 0 amide bonds. The summed E-state index contributed by atoms with van der Waals surface area (Å²) in [6.45, 7) is 3.53. The normalized spacial score (nSPS) is 11.5. The molecule has 0 aliphatic rings. The fourth-order valence-electron chi connectivity index (χ4n) is 0.831. The number of nitrogens with one attached hydrogen (secondary N) is 1. The molecule has 0 heterocycles. The van der Waals surface area contributed by atoms with Crippen LogP contribution in [0.2, 0.25) is 5.02 Å². The summed E-state index contributed by atoms with van der Waals surface area (Å²) in [6.07, 6.45) is 0. The minimum atomic E-state index is -3.40. The van der Waals surface area contributed by atoms with Gasteiger partial charge in [0.25, 0.3) is 0 Å². The summed E-state index contributed by atoms with van der Waals surface area (Å²) >= 11 is 5.61. The van der Waals surface area contributed by atoms with Gasteiger partial charge in [-0.05, 0) is 31.2 Å². The van der Waals surface area contributed by atoms with Gasteiger partial charge in [0.1, 0.15) is 0 Å². The molecule has 71 valence electrons. The van der Waals surface area contributed by atoms with Gasteiger partial charge in [0.05, 0.1) is 4.90 Å². The van der Waals surface area contributed by atoms with Gasteiger partial charge in [-0.1, -0.05) is 11.6 Å². The van der Waals surface area contributed by atoms with Crippen molar-refractivity contribution >= 4 is 21.6 Å². The first-order valence-electron chi connectivity index (χ1n) is 3.61. The summed E-state index contributed by atoms with van der Waals surface area (Å²) in [6, 6.07) is 5.94. The van der Waals surface area contributed by atoms with E-state index in [1.165, 1.54) is 24.3 Å². The average Bonchev–Trinajstić information content (AvgIpc) is 2.05. The quantitative estimate of drug-likeness (QED) is 0.835. The first-order valence-corrected chi connectivity index (χ1v) is 5.47. The number of hydrogen-bond donors (Lipinski definition) is 1. The zero-order chi connectivity index (χ0) is 9.90. The highest BCUT2D eigenvalue weighted by Crippen LogP contribution is 2.13. The summed E-state index contributed by atoms with van der Waals surface area (Å²) in [7, 11) is -3.40. The van der Waals surface area contributed by atoms with Crippen molar-refractivity contribution in [3.63, 3.8) is 0 Å². The van der Waals surface area contributed by atoms with E-state index in [2.05, 4.69) is 11.6 Å². The van der Waals surface area contributed by atoms with E-state index in [0.717, 1.165) is 0 Å². The Morgan fingerprint density at radius 2 is 1.85 bits per heavy atom. The number of hydrogen-bond acceptors (Lipinski definition) is 2. The fraction of sp³-hybridized carbons (Fsp3) is 0.125. The van der Waals surface area contributed by atoms with E-state index in [1.54, 1.807) is 0 Å². The molecule has 0 aliphatic carbocycles. The number of halogens is 1. The minimum absolute atomic E-state index is 0.130. The van der Waals surface area contributed by atoms with Crippen LogP contribution in [0.1, 0.15) is 0 Å². The Kier molecular flexibility index (Phi) is 3.30. The van der Waals surface area contributed by atoms with E-state index in [1.807, 2.05) is 0 Å². The third-order valence-corrected chi connectivity index (χ3v) is 3.14. The maximum Gasteiger partial charge on any atom is 0.240 e. The van der Waals surface area contributed by atoms with Gasteiger partial charge < -0.3 is 0 Å². The molecule has 0 saturated carbocycles. The third-order valence-electron chi connectivity index (χ3n) is 1.42. The zero-order valence-corrected chi connectivity index (χ0v) is 8.40. The molecule has 3 nitrogen and oxygen atoms in total. The summed E-state index contributed by atoms with van der Waals surface area (Å²) < 4.78 is 25.0. The highest BCUT2D eigenvalue weighted by Gasteiger charge is 2.11. The molecule has 1 rings (SSSR count). The molecule has 1 radical (unpaired) electrons. The molecule has 0 spiro atoms. The van der Waals surface area contributed by atoms with Gasteiger partial charge in [-0.25, -0.2) is 13.1 Å². The lowest BCUT2D eigenvalue weighted by Gasteiger charge is -2.03. The molecular formula is C8H9ClNO2S. The standard InChI is InChI=1S/C8H9ClNO2S/c1-2-10-13(11,12)8-5-3-7(9)4-6-8/h3-6,10H,1-2H2. The van der Waals surface area contributed by atoms with E-state index in [-0.39, 0.29) is 11.4 Å². The van der Waals surface area contributed by atoms with Crippen LogP contribution in [0.3, 0.4) is 0 Å². The second kappa shape index (κ2) is 4.09. The molecule has 0 aliphatic heterocycles. The Labute approximate surface area is 82.8 Å². The number of benzene rings is 1. The second-order valence-corrected chi connectivity index (χ2v) is 4.56. The van der Waals surface area contributed by atoms with Crippen LogP contribution >= 0.6 is 11.6 Å². The van der Waals surface area contributed by atoms with Gasteiger partial charge in [-0.15, -0.1) is 0 Å². The van der Waals surface area contributed by atoms with Crippen molar-refractivity contribution in [3.8, 4) is 0 Å². The predicted molar refractivity (Wildman–Crippen MR) is 52.0 cm³/mol. The van der Waals surface area contributed by atoms with Gasteiger partial charge in [0, 0.05) is 11.6 Å². The van der Waals surface area contributed by atoms with Gasteiger partial charge >= 0.3 is 0 Å². The minimum Gasteiger partial charge on any atom is -0.211 e. The van der Waals surface area contributed by atoms with E-state index in [9.17, 15) is 8.42 Å². The van der Waals surface area contributed by atoms with Crippen molar-refractivity contribution < 1.29 is 8.42 Å². The summed E-state index contributed by atoms with van der Waals surface area (Å²) in [4.78, 5) is 0.195. The van der Waals surface area contributed by atoms with Gasteiger partial charge in [0.15, 0.2) is 0 Å². The molecular weight excluding hydrogens is 210 g/mol. The van der Waals surface area contributed by atoms with Crippen LogP contribution in [0.25, 0.3) is 0 Å². The van der Waals surface area contributed by atoms with E-state index >= 15 is 0 Å². The largest absolute Gasteiger partial charge is 0.240 e. The van der Waals surface area contributed by atoms with Crippen molar-refractivity contribution in [1.82, 2.24) is 4.72 Å². The molecule has 1 aromatic rings. The lowest BCUT2D eigenvalue weighted by Crippen LogP contribution is -2.23. The molecule has 0 aromatic heterocycles. The fourth-order valence-corrected chi connectivity index (χ4v) is 1.89. The Hall–Kier alpha value is -0.580. The Morgan fingerprint density at radius 3 is 2.31 bits per heavy atom. The Bertz CT molecular complexity index is 372. The van der Waals surface area contributed by atoms with Crippen LogP contribution < -0.4 is 4.72 Å². The Balaban J connectivity index is 3.02. The number of rotatable bonds is 3. The smallest absolute Gasteiger partial charge is 0.211 e. The lowest BCUT2D eigenvalue weighted by molar-refractivity contribution is 0.585. The SMILES string of the molecule is [CH2]CNS(=O)(=O)c1ccc(Cl)cc1. The van der Waals surface area contributed by atoms with Gasteiger partial charge in [-0.3, -0.25) is 0 Å². The maximum atomic E-state index is 11.3. The lowest BCUT2D eigenvalue weighted by atomic mass is 10.4. The summed E-state index contributed by atoms with van der Waals surface area (Å²) in [5.74, 6) is 0. The van der Waals surface area contributed by atoms with Crippen molar-refractivity contribution in [2.75, 3.05) is 6.54 Å². The Morgan fingerprint density at radius 1 is 1.31 bits per heavy atom. The van der Waals surface area contributed by atoms with Crippen LogP contribution in [0.4, 0.5) is 0 Å². The molecule has 5 heteroatoms. The molecule has 0 saturated heterocycles. The maximum absolute atomic E-state index is 11.3. The van der Waals surface area contributed by atoms with Gasteiger partial charge in [0.2, 0.25) is 10.0 Å². The molecule has 1 N–H and O–H groups in total. The molecule has 0 fully saturated rings. The molecule has 13 heavy (non-hydrogen) atoms. The van der Waals surface area contributed by atoms with E-state index in [0.29, 0.717) is 5.02 Å². The topological polar surface area (TPSA) is 46.2 Å². The van der Waals surface area contributed by atoms with Crippen molar-refractivity contribution in [1.29, 1.82) is 0 Å². The van der Waals surface area contributed by atoms with E-state index < -0.39 is 10.0 Å². The second-order valence-electron chi connectivity index (χ2n) is 2.35. The van der Waals surface area contributed by atoms with Crippen molar-refractivity contribution in [2.45, 2.75) is 4.90 Å². The third kappa shape index (κ3) is 2.69. The first-order chi connectivity index (χ1) is 6.06. The summed E-state index contributed by atoms with van der Waals surface area (Å²) in [5.41, 5.74) is 0. The van der Waals surface area contributed by atoms with Crippen LogP contribution in [0, 0.1) is 6.92 Å². The predicted octanol–water partition coefficient (Wildman–Crippen LogP) is 1.45. The monoisotopic (exact) mass is 218 g/mol. The molecule has 0 unspecified atom stereocenters. The van der Waals surface area contributed by atoms with Gasteiger partial charge in [-0.2, -0.15) is 0 Å². The first kappa shape index (κ1) is 10.5. The number of sulfonamides is 1. The highest BCUT2D eigenvalue weighted by molar-refractivity contribution is 7.89. The molecule has 0 bridgehead atoms. The molecule has 1 aromatic carbocycles. The van der Waals surface area contributed by atoms with Crippen LogP contribution in [0.5, 0.6) is 0 Å². The van der Waals surface area contributed by atoms with Crippen LogP contribution in [-0.4, -0.2) is 15.0 Å². The van der Waals surface area contributed by atoms with Crippen molar-refractivity contribution in [2.24, 2.45) is 0 Å². The average molecular weight is 219 g/mol. The summed E-state index contributed by atoms with van der Waals surface area (Å²) in [5, 5.41) is 0.508. The molecule has 0 atom stereocenters. The van der Waals surface area contributed by atoms with E-state index in [4.69, 9.17) is 11.6 Å².